The van der Waals surface area contributed by atoms with Crippen LogP contribution in [0, 0.1) is 16.2 Å². The van der Waals surface area contributed by atoms with E-state index >= 15 is 0 Å². The summed E-state index contributed by atoms with van der Waals surface area (Å²) in [4.78, 5) is 16.6. The van der Waals surface area contributed by atoms with Crippen LogP contribution in [0.2, 0.25) is 5.15 Å². The fraction of sp³-hybridized carbons (Fsp3) is 0. The summed E-state index contributed by atoms with van der Waals surface area (Å²) in [6, 6.07) is 6.60. The molecule has 92 valence electrons. The highest BCUT2D eigenvalue weighted by Gasteiger charge is 2.09. The zero-order chi connectivity index (χ0) is 13.1. The maximum atomic E-state index is 12.8. The second kappa shape index (κ2) is 4.92. The van der Waals surface area contributed by atoms with Gasteiger partial charge in [-0.05, 0) is 6.07 Å². The Morgan fingerprint density at radius 3 is 2.78 bits per heavy atom. The Balaban J connectivity index is 2.28. The number of halogens is 2. The van der Waals surface area contributed by atoms with E-state index in [1.807, 2.05) is 0 Å². The van der Waals surface area contributed by atoms with Crippen molar-refractivity contribution in [1.82, 2.24) is 9.97 Å². The monoisotopic (exact) mass is 269 g/mol. The highest BCUT2D eigenvalue weighted by molar-refractivity contribution is 6.29. The number of rotatable bonds is 3. The zero-order valence-electron chi connectivity index (χ0n) is 8.71. The topological polar surface area (TPSA) is 78.2 Å². The van der Waals surface area contributed by atoms with Gasteiger partial charge in [0.15, 0.2) is 0 Å². The second-order valence-corrected chi connectivity index (χ2v) is 3.54. The van der Waals surface area contributed by atoms with E-state index in [-0.39, 0.29) is 22.5 Å². The van der Waals surface area contributed by atoms with Gasteiger partial charge in [-0.2, -0.15) is 14.4 Å². The van der Waals surface area contributed by atoms with Crippen LogP contribution in [0.3, 0.4) is 0 Å². The molecular formula is C10H5ClFN3O3. The predicted octanol–water partition coefficient (Wildman–Crippen LogP) is 2.97. The SMILES string of the molecule is O=[N+]([O-])c1cccc(Oc2cc(Cl)nc(F)n2)c1. The van der Waals surface area contributed by atoms with Crippen LogP contribution in [0.15, 0.2) is 30.3 Å². The molecule has 0 N–H and O–H groups in total. The largest absolute Gasteiger partial charge is 0.439 e. The van der Waals surface area contributed by atoms with Crippen molar-refractivity contribution in [1.29, 1.82) is 0 Å². The molecule has 2 rings (SSSR count). The predicted molar refractivity (Wildman–Crippen MR) is 60.2 cm³/mol. The Hall–Kier alpha value is -2.28. The van der Waals surface area contributed by atoms with Gasteiger partial charge in [0.05, 0.1) is 11.0 Å². The van der Waals surface area contributed by atoms with Gasteiger partial charge in [0.25, 0.3) is 5.69 Å². The average Bonchev–Trinajstić information content (AvgIpc) is 2.27. The quantitative estimate of drug-likeness (QED) is 0.370. The Labute approximate surface area is 105 Å². The average molecular weight is 270 g/mol. The summed E-state index contributed by atoms with van der Waals surface area (Å²) in [5, 5.41) is 10.4. The van der Waals surface area contributed by atoms with Crippen LogP contribution in [-0.2, 0) is 0 Å². The van der Waals surface area contributed by atoms with E-state index in [0.717, 1.165) is 0 Å². The minimum Gasteiger partial charge on any atom is -0.439 e. The second-order valence-electron chi connectivity index (χ2n) is 3.15. The standard InChI is InChI=1S/C10H5ClFN3O3/c11-8-5-9(14-10(12)13-8)18-7-3-1-2-6(4-7)15(16)17/h1-5H. The Bertz CT molecular complexity index is 588. The maximum absolute atomic E-state index is 12.8. The van der Waals surface area contributed by atoms with Crippen molar-refractivity contribution >= 4 is 17.3 Å². The minimum atomic E-state index is -1.04. The number of nitro benzene ring substituents is 1. The summed E-state index contributed by atoms with van der Waals surface area (Å²) in [5.41, 5.74) is -0.145. The first-order valence-electron chi connectivity index (χ1n) is 4.67. The molecule has 6 nitrogen and oxygen atoms in total. The van der Waals surface area contributed by atoms with Crippen molar-refractivity contribution in [2.45, 2.75) is 0 Å². The van der Waals surface area contributed by atoms with E-state index in [1.54, 1.807) is 0 Å². The molecule has 0 aliphatic rings. The first-order valence-corrected chi connectivity index (χ1v) is 5.05. The molecule has 0 aliphatic carbocycles. The number of hydrogen-bond acceptors (Lipinski definition) is 5. The molecule has 0 saturated carbocycles. The van der Waals surface area contributed by atoms with Crippen LogP contribution in [0.1, 0.15) is 0 Å². The molecule has 1 aromatic carbocycles. The normalized spacial score (nSPS) is 10.1. The minimum absolute atomic E-state index is 0.122. The first-order chi connectivity index (χ1) is 8.54. The van der Waals surface area contributed by atoms with Crippen LogP contribution < -0.4 is 4.74 Å². The third-order valence-electron chi connectivity index (χ3n) is 1.89. The summed E-state index contributed by atoms with van der Waals surface area (Å²) >= 11 is 5.52. The van der Waals surface area contributed by atoms with Gasteiger partial charge in [-0.25, -0.2) is 0 Å². The van der Waals surface area contributed by atoms with Crippen LogP contribution in [0.25, 0.3) is 0 Å². The van der Waals surface area contributed by atoms with Gasteiger partial charge >= 0.3 is 6.08 Å². The van der Waals surface area contributed by atoms with Crippen molar-refractivity contribution in [3.05, 3.63) is 51.7 Å². The Morgan fingerprint density at radius 1 is 1.33 bits per heavy atom. The molecular weight excluding hydrogens is 265 g/mol. The van der Waals surface area contributed by atoms with Crippen molar-refractivity contribution < 1.29 is 14.1 Å². The van der Waals surface area contributed by atoms with Gasteiger partial charge in [0, 0.05) is 12.1 Å². The summed E-state index contributed by atoms with van der Waals surface area (Å²) in [5.74, 6) is 0.0198. The molecule has 0 unspecified atom stereocenters. The molecule has 1 heterocycles. The molecule has 0 bridgehead atoms. The Kier molecular flexibility index (Phi) is 3.33. The molecule has 2 aromatic rings. The number of nitro groups is 1. The molecule has 0 aliphatic heterocycles. The van der Waals surface area contributed by atoms with Gasteiger partial charge in [-0.1, -0.05) is 17.7 Å². The lowest BCUT2D eigenvalue weighted by Gasteiger charge is -2.04. The van der Waals surface area contributed by atoms with Gasteiger partial charge in [-0.15, -0.1) is 0 Å². The number of aromatic nitrogens is 2. The third kappa shape index (κ3) is 2.89. The van der Waals surface area contributed by atoms with Crippen molar-refractivity contribution in [3.63, 3.8) is 0 Å². The summed E-state index contributed by atoms with van der Waals surface area (Å²) in [7, 11) is 0. The highest BCUT2D eigenvalue weighted by Crippen LogP contribution is 2.24. The molecule has 0 spiro atoms. The fourth-order valence-electron chi connectivity index (χ4n) is 1.20. The Morgan fingerprint density at radius 2 is 2.11 bits per heavy atom. The van der Waals surface area contributed by atoms with E-state index in [4.69, 9.17) is 16.3 Å². The molecule has 18 heavy (non-hydrogen) atoms. The molecule has 0 atom stereocenters. The van der Waals surface area contributed by atoms with E-state index in [0.29, 0.717) is 0 Å². The summed E-state index contributed by atoms with van der Waals surface area (Å²) in [6.45, 7) is 0. The van der Waals surface area contributed by atoms with E-state index in [9.17, 15) is 14.5 Å². The molecule has 0 radical (unpaired) electrons. The number of nitrogens with zero attached hydrogens (tertiary/aromatic N) is 3. The lowest BCUT2D eigenvalue weighted by Crippen LogP contribution is -1.95. The highest BCUT2D eigenvalue weighted by atomic mass is 35.5. The van der Waals surface area contributed by atoms with Gasteiger partial charge in [-0.3, -0.25) is 10.1 Å². The molecule has 0 amide bonds. The van der Waals surface area contributed by atoms with Crippen molar-refractivity contribution in [2.75, 3.05) is 0 Å². The first kappa shape index (κ1) is 12.2. The molecule has 8 heteroatoms. The van der Waals surface area contributed by atoms with E-state index in [1.165, 1.54) is 30.3 Å². The molecule has 0 saturated heterocycles. The van der Waals surface area contributed by atoms with Crippen molar-refractivity contribution in [2.24, 2.45) is 0 Å². The molecule has 1 aromatic heterocycles. The van der Waals surface area contributed by atoms with E-state index < -0.39 is 11.0 Å². The number of hydrogen-bond donors (Lipinski definition) is 0. The maximum Gasteiger partial charge on any atom is 0.313 e. The lowest BCUT2D eigenvalue weighted by atomic mass is 10.3. The van der Waals surface area contributed by atoms with Gasteiger partial charge in [0.2, 0.25) is 5.88 Å². The van der Waals surface area contributed by atoms with Gasteiger partial charge in [0.1, 0.15) is 10.9 Å². The fourth-order valence-corrected chi connectivity index (χ4v) is 1.37. The van der Waals surface area contributed by atoms with Crippen LogP contribution >= 0.6 is 11.6 Å². The van der Waals surface area contributed by atoms with Crippen LogP contribution in [0.5, 0.6) is 11.6 Å². The van der Waals surface area contributed by atoms with E-state index in [2.05, 4.69) is 9.97 Å². The lowest BCUT2D eigenvalue weighted by molar-refractivity contribution is -0.384. The van der Waals surface area contributed by atoms with Crippen LogP contribution in [-0.4, -0.2) is 14.9 Å². The molecule has 0 fully saturated rings. The third-order valence-corrected chi connectivity index (χ3v) is 2.09. The smallest absolute Gasteiger partial charge is 0.313 e. The number of benzene rings is 1. The summed E-state index contributed by atoms with van der Waals surface area (Å²) < 4.78 is 18.0. The number of non-ortho nitro benzene ring substituents is 1. The zero-order valence-corrected chi connectivity index (χ0v) is 9.46. The van der Waals surface area contributed by atoms with Crippen LogP contribution in [0.4, 0.5) is 10.1 Å². The summed E-state index contributed by atoms with van der Waals surface area (Å²) in [6.07, 6.45) is -1.04. The number of ether oxygens (including phenoxy) is 1. The van der Waals surface area contributed by atoms with Gasteiger partial charge < -0.3 is 4.74 Å². The van der Waals surface area contributed by atoms with Crippen molar-refractivity contribution in [3.8, 4) is 11.6 Å².